The Labute approximate surface area is 119 Å². The number of halogens is 2. The number of aliphatic hydroxyl groups excluding tert-OH is 1. The average molecular weight is 331 g/mol. The monoisotopic (exact) mass is 330 g/mol. The van der Waals surface area contributed by atoms with Crippen LogP contribution in [0.3, 0.4) is 0 Å². The molecule has 0 bridgehead atoms. The van der Waals surface area contributed by atoms with E-state index in [1.807, 2.05) is 6.92 Å². The van der Waals surface area contributed by atoms with E-state index in [0.29, 0.717) is 18.4 Å². The first-order valence-corrected chi connectivity index (χ1v) is 7.05. The van der Waals surface area contributed by atoms with Crippen molar-refractivity contribution in [1.82, 2.24) is 0 Å². The maximum Gasteiger partial charge on any atom is 0.306 e. The number of carboxylic acids is 1. The van der Waals surface area contributed by atoms with E-state index in [-0.39, 0.29) is 16.3 Å². The molecule has 0 amide bonds. The summed E-state index contributed by atoms with van der Waals surface area (Å²) in [5.41, 5.74) is 0.554. The van der Waals surface area contributed by atoms with Crippen molar-refractivity contribution in [3.8, 4) is 0 Å². The van der Waals surface area contributed by atoms with Crippen LogP contribution in [-0.2, 0) is 4.79 Å². The highest BCUT2D eigenvalue weighted by atomic mass is 79.9. The van der Waals surface area contributed by atoms with Crippen LogP contribution in [0.1, 0.15) is 31.4 Å². The number of carbonyl (C=O) groups is 1. The fourth-order valence-electron chi connectivity index (χ4n) is 2.91. The number of carboxylic acid groups (broad SMARTS) is 1. The van der Waals surface area contributed by atoms with E-state index in [2.05, 4.69) is 15.9 Å². The van der Waals surface area contributed by atoms with Crippen LogP contribution in [0.4, 0.5) is 4.39 Å². The van der Waals surface area contributed by atoms with Crippen LogP contribution in [0.2, 0.25) is 0 Å². The third-order valence-corrected chi connectivity index (χ3v) is 4.46. The highest BCUT2D eigenvalue weighted by molar-refractivity contribution is 9.10. The Bertz CT molecular complexity index is 492. The van der Waals surface area contributed by atoms with Crippen LogP contribution in [-0.4, -0.2) is 16.2 Å². The zero-order chi connectivity index (χ0) is 14.2. The Kier molecular flexibility index (Phi) is 4.26. The van der Waals surface area contributed by atoms with Crippen molar-refractivity contribution in [2.75, 3.05) is 0 Å². The van der Waals surface area contributed by atoms with Gasteiger partial charge < -0.3 is 10.2 Å². The molecule has 1 aliphatic rings. The molecule has 2 rings (SSSR count). The number of hydrogen-bond donors (Lipinski definition) is 2. The summed E-state index contributed by atoms with van der Waals surface area (Å²) in [4.78, 5) is 11.2. The average Bonchev–Trinajstić information content (AvgIpc) is 2.74. The Morgan fingerprint density at radius 2 is 2.16 bits per heavy atom. The van der Waals surface area contributed by atoms with Gasteiger partial charge in [-0.2, -0.15) is 0 Å². The fraction of sp³-hybridized carbons (Fsp3) is 0.500. The highest BCUT2D eigenvalue weighted by Gasteiger charge is 2.41. The number of benzene rings is 1. The third-order valence-electron chi connectivity index (χ3n) is 3.86. The quantitative estimate of drug-likeness (QED) is 0.893. The first-order valence-electron chi connectivity index (χ1n) is 6.26. The molecule has 3 nitrogen and oxygen atoms in total. The van der Waals surface area contributed by atoms with Gasteiger partial charge in [-0.25, -0.2) is 4.39 Å². The van der Waals surface area contributed by atoms with Crippen LogP contribution in [0.25, 0.3) is 0 Å². The second-order valence-electron chi connectivity index (χ2n) is 5.30. The summed E-state index contributed by atoms with van der Waals surface area (Å²) >= 11 is 3.08. The summed E-state index contributed by atoms with van der Waals surface area (Å²) in [7, 11) is 0. The van der Waals surface area contributed by atoms with Gasteiger partial charge in [0.1, 0.15) is 5.82 Å². The number of hydrogen-bond acceptors (Lipinski definition) is 2. The molecule has 1 saturated carbocycles. The van der Waals surface area contributed by atoms with E-state index in [4.69, 9.17) is 0 Å². The molecule has 0 aromatic heterocycles. The number of aliphatic carboxylic acids is 1. The molecule has 1 aromatic carbocycles. The summed E-state index contributed by atoms with van der Waals surface area (Å²) in [5.74, 6) is -1.83. The van der Waals surface area contributed by atoms with E-state index in [0.717, 1.165) is 0 Å². The lowest BCUT2D eigenvalue weighted by atomic mass is 9.87. The van der Waals surface area contributed by atoms with Gasteiger partial charge in [-0.05, 0) is 52.4 Å². The molecule has 1 aromatic rings. The minimum Gasteiger partial charge on any atom is -0.481 e. The molecule has 1 fully saturated rings. The van der Waals surface area contributed by atoms with Crippen molar-refractivity contribution < 1.29 is 19.4 Å². The second-order valence-corrected chi connectivity index (χ2v) is 6.16. The van der Waals surface area contributed by atoms with E-state index in [9.17, 15) is 19.4 Å². The lowest BCUT2D eigenvalue weighted by molar-refractivity contribution is -0.144. The Balaban J connectivity index is 2.24. The standard InChI is InChI=1S/C14H16BrFO3/c1-7-4-9(10(5-7)14(18)19)13(17)8-2-3-12(16)11(15)6-8/h2-3,6-7,9-10,13,17H,4-5H2,1H3,(H,18,19). The van der Waals surface area contributed by atoms with Gasteiger partial charge in [-0.1, -0.05) is 13.0 Å². The Morgan fingerprint density at radius 1 is 1.47 bits per heavy atom. The lowest BCUT2D eigenvalue weighted by Gasteiger charge is -2.22. The van der Waals surface area contributed by atoms with Crippen molar-refractivity contribution in [1.29, 1.82) is 0 Å². The zero-order valence-electron chi connectivity index (χ0n) is 10.5. The van der Waals surface area contributed by atoms with Gasteiger partial charge in [0, 0.05) is 5.92 Å². The maximum absolute atomic E-state index is 13.2. The van der Waals surface area contributed by atoms with Crippen LogP contribution in [0.5, 0.6) is 0 Å². The molecule has 0 spiro atoms. The summed E-state index contributed by atoms with van der Waals surface area (Å²) in [5, 5.41) is 19.6. The van der Waals surface area contributed by atoms with Crippen molar-refractivity contribution in [3.63, 3.8) is 0 Å². The second kappa shape index (κ2) is 5.59. The molecule has 0 heterocycles. The van der Waals surface area contributed by atoms with E-state index >= 15 is 0 Å². The largest absolute Gasteiger partial charge is 0.481 e. The number of aliphatic hydroxyl groups is 1. The normalized spacial score (nSPS) is 28.3. The van der Waals surface area contributed by atoms with Crippen molar-refractivity contribution in [3.05, 3.63) is 34.1 Å². The smallest absolute Gasteiger partial charge is 0.306 e. The molecule has 5 heteroatoms. The first-order chi connectivity index (χ1) is 8.90. The van der Waals surface area contributed by atoms with Gasteiger partial charge >= 0.3 is 5.97 Å². The molecule has 104 valence electrons. The van der Waals surface area contributed by atoms with Gasteiger partial charge in [0.15, 0.2) is 0 Å². The first kappa shape index (κ1) is 14.5. The molecule has 4 unspecified atom stereocenters. The molecule has 1 aliphatic carbocycles. The van der Waals surface area contributed by atoms with Crippen LogP contribution < -0.4 is 0 Å². The van der Waals surface area contributed by atoms with E-state index < -0.39 is 23.8 Å². The van der Waals surface area contributed by atoms with Gasteiger partial charge in [0.2, 0.25) is 0 Å². The SMILES string of the molecule is CC1CC(C(=O)O)C(C(O)c2ccc(F)c(Br)c2)C1. The Hall–Kier alpha value is -0.940. The highest BCUT2D eigenvalue weighted by Crippen LogP contribution is 2.43. The number of rotatable bonds is 3. The predicted molar refractivity (Wildman–Crippen MR) is 72.1 cm³/mol. The molecule has 0 radical (unpaired) electrons. The van der Waals surface area contributed by atoms with Crippen LogP contribution >= 0.6 is 15.9 Å². The van der Waals surface area contributed by atoms with Crippen molar-refractivity contribution in [2.24, 2.45) is 17.8 Å². The third kappa shape index (κ3) is 2.98. The Morgan fingerprint density at radius 3 is 2.74 bits per heavy atom. The minimum atomic E-state index is -0.872. The topological polar surface area (TPSA) is 57.5 Å². The molecule has 19 heavy (non-hydrogen) atoms. The molecular formula is C14H16BrFO3. The van der Waals surface area contributed by atoms with Crippen LogP contribution in [0, 0.1) is 23.6 Å². The minimum absolute atomic E-state index is 0.280. The lowest BCUT2D eigenvalue weighted by Crippen LogP contribution is -2.23. The molecule has 4 atom stereocenters. The molecule has 2 N–H and O–H groups in total. The van der Waals surface area contributed by atoms with Gasteiger partial charge in [0.05, 0.1) is 16.5 Å². The van der Waals surface area contributed by atoms with Gasteiger partial charge in [-0.3, -0.25) is 4.79 Å². The summed E-state index contributed by atoms with van der Waals surface area (Å²) < 4.78 is 13.5. The van der Waals surface area contributed by atoms with Crippen LogP contribution in [0.15, 0.2) is 22.7 Å². The van der Waals surface area contributed by atoms with Gasteiger partial charge in [0.25, 0.3) is 0 Å². The molecule has 0 saturated heterocycles. The summed E-state index contributed by atoms with van der Waals surface area (Å²) in [6.07, 6.45) is 0.384. The maximum atomic E-state index is 13.2. The summed E-state index contributed by atoms with van der Waals surface area (Å²) in [6.45, 7) is 1.99. The predicted octanol–water partition coefficient (Wildman–Crippen LogP) is 3.37. The molecular weight excluding hydrogens is 315 g/mol. The van der Waals surface area contributed by atoms with Crippen molar-refractivity contribution in [2.45, 2.75) is 25.9 Å². The zero-order valence-corrected chi connectivity index (χ0v) is 12.1. The van der Waals surface area contributed by atoms with Crippen molar-refractivity contribution >= 4 is 21.9 Å². The fourth-order valence-corrected chi connectivity index (χ4v) is 3.31. The summed E-state index contributed by atoms with van der Waals surface area (Å²) in [6, 6.07) is 4.30. The van der Waals surface area contributed by atoms with Gasteiger partial charge in [-0.15, -0.1) is 0 Å². The molecule has 0 aliphatic heterocycles. The van der Waals surface area contributed by atoms with E-state index in [1.54, 1.807) is 0 Å². The van der Waals surface area contributed by atoms with E-state index in [1.165, 1.54) is 18.2 Å².